The molecule has 0 spiro atoms. The summed E-state index contributed by atoms with van der Waals surface area (Å²) in [7, 11) is 0. The van der Waals surface area contributed by atoms with Gasteiger partial charge >= 0.3 is 5.82 Å². The number of hydrogen-bond donors (Lipinski definition) is 0. The maximum Gasteiger partial charge on any atom is 0.381 e. The third kappa shape index (κ3) is 3.45. The van der Waals surface area contributed by atoms with Crippen molar-refractivity contribution < 1.29 is 14.1 Å². The van der Waals surface area contributed by atoms with E-state index in [1.165, 1.54) is 17.1 Å². The third-order valence-electron chi connectivity index (χ3n) is 1.75. The van der Waals surface area contributed by atoms with E-state index in [1.54, 1.807) is 0 Å². The van der Waals surface area contributed by atoms with Crippen LogP contribution in [0.4, 0.5) is 10.2 Å². The largest absolute Gasteiger partial charge is 0.381 e. The van der Waals surface area contributed by atoms with Crippen molar-refractivity contribution in [3.8, 4) is 0 Å². The van der Waals surface area contributed by atoms with Gasteiger partial charge in [-0.1, -0.05) is 0 Å². The Labute approximate surface area is 84.9 Å². The molecule has 1 aromatic heterocycles. The van der Waals surface area contributed by atoms with Crippen molar-refractivity contribution in [2.45, 2.75) is 19.4 Å². The van der Waals surface area contributed by atoms with E-state index in [1.807, 2.05) is 0 Å². The summed E-state index contributed by atoms with van der Waals surface area (Å²) in [6, 6.07) is 0. The smallest absolute Gasteiger partial charge is 0.358 e. The topological polar surface area (TPSA) is 78.0 Å². The van der Waals surface area contributed by atoms with Crippen molar-refractivity contribution in [3.63, 3.8) is 0 Å². The summed E-state index contributed by atoms with van der Waals surface area (Å²) in [5.74, 6) is -0.465. The Morgan fingerprint density at radius 2 is 2.40 bits per heavy atom. The van der Waals surface area contributed by atoms with Crippen LogP contribution in [0.2, 0.25) is 0 Å². The zero-order valence-corrected chi connectivity index (χ0v) is 7.93. The number of rotatable bonds is 6. The number of nitro groups is 1. The van der Waals surface area contributed by atoms with E-state index in [-0.39, 0.29) is 31.0 Å². The molecule has 6 nitrogen and oxygen atoms in total. The number of imidazole rings is 1. The molecule has 15 heavy (non-hydrogen) atoms. The van der Waals surface area contributed by atoms with Crippen LogP contribution in [0.3, 0.4) is 0 Å². The van der Waals surface area contributed by atoms with Gasteiger partial charge in [-0.25, -0.2) is 0 Å². The van der Waals surface area contributed by atoms with Gasteiger partial charge in [-0.15, -0.1) is 0 Å². The van der Waals surface area contributed by atoms with Gasteiger partial charge in [-0.3, -0.25) is 9.18 Å². The van der Waals surface area contributed by atoms with Crippen LogP contribution in [-0.4, -0.2) is 26.9 Å². The van der Waals surface area contributed by atoms with Crippen LogP contribution in [0.15, 0.2) is 12.5 Å². The van der Waals surface area contributed by atoms with Crippen LogP contribution in [-0.2, 0) is 11.3 Å². The highest BCUT2D eigenvalue weighted by molar-refractivity contribution is 5.78. The Morgan fingerprint density at radius 3 is 2.93 bits per heavy atom. The van der Waals surface area contributed by atoms with Gasteiger partial charge in [0.2, 0.25) is 6.33 Å². The molecule has 0 aliphatic heterocycles. The van der Waals surface area contributed by atoms with Crippen molar-refractivity contribution in [1.82, 2.24) is 9.55 Å². The van der Waals surface area contributed by atoms with Crippen molar-refractivity contribution in [3.05, 3.63) is 22.6 Å². The van der Waals surface area contributed by atoms with Crippen molar-refractivity contribution in [1.29, 1.82) is 0 Å². The van der Waals surface area contributed by atoms with Gasteiger partial charge in [-0.05, 0) is 16.3 Å². The number of hydrogen-bond acceptors (Lipinski definition) is 4. The zero-order chi connectivity index (χ0) is 11.3. The lowest BCUT2D eigenvalue weighted by molar-refractivity contribution is -0.389. The lowest BCUT2D eigenvalue weighted by Gasteiger charge is -1.97. The van der Waals surface area contributed by atoms with Gasteiger partial charge < -0.3 is 14.7 Å². The first-order valence-corrected chi connectivity index (χ1v) is 4.37. The first-order valence-electron chi connectivity index (χ1n) is 4.37. The average Bonchev–Trinajstić information content (AvgIpc) is 2.63. The predicted octanol–water partition coefficient (Wildman–Crippen LogP) is 1.11. The molecule has 0 atom stereocenters. The lowest BCUT2D eigenvalue weighted by atomic mass is 10.2. The first kappa shape index (κ1) is 11.3. The number of ketones is 1. The first-order chi connectivity index (χ1) is 7.13. The van der Waals surface area contributed by atoms with Crippen molar-refractivity contribution in [2.24, 2.45) is 0 Å². The number of aromatic nitrogens is 2. The highest BCUT2D eigenvalue weighted by atomic mass is 19.1. The maximum absolute atomic E-state index is 11.7. The SMILES string of the molecule is O=C(CCCF)Cn1cnc([N+](=O)[O-])c1. The second kappa shape index (κ2) is 5.18. The molecule has 1 aromatic rings. The van der Waals surface area contributed by atoms with Crippen LogP contribution < -0.4 is 0 Å². The van der Waals surface area contributed by atoms with E-state index in [2.05, 4.69) is 4.98 Å². The second-order valence-corrected chi connectivity index (χ2v) is 2.99. The molecule has 0 aliphatic carbocycles. The second-order valence-electron chi connectivity index (χ2n) is 2.99. The highest BCUT2D eigenvalue weighted by Gasteiger charge is 2.11. The van der Waals surface area contributed by atoms with E-state index in [0.29, 0.717) is 0 Å². The number of alkyl halides is 1. The van der Waals surface area contributed by atoms with E-state index in [0.717, 1.165) is 0 Å². The van der Waals surface area contributed by atoms with E-state index in [4.69, 9.17) is 0 Å². The summed E-state index contributed by atoms with van der Waals surface area (Å²) in [4.78, 5) is 24.3. The van der Waals surface area contributed by atoms with Gasteiger partial charge in [0.1, 0.15) is 6.20 Å². The van der Waals surface area contributed by atoms with Gasteiger partial charge in [0.25, 0.3) is 0 Å². The summed E-state index contributed by atoms with van der Waals surface area (Å²) in [6.07, 6.45) is 2.72. The monoisotopic (exact) mass is 215 g/mol. The van der Waals surface area contributed by atoms with Crippen LogP contribution in [0, 0.1) is 10.1 Å². The summed E-state index contributed by atoms with van der Waals surface area (Å²) in [5.41, 5.74) is 0. The fourth-order valence-electron chi connectivity index (χ4n) is 1.08. The molecule has 0 unspecified atom stereocenters. The summed E-state index contributed by atoms with van der Waals surface area (Å²) < 4.78 is 13.1. The molecule has 1 rings (SSSR count). The Morgan fingerprint density at radius 1 is 1.67 bits per heavy atom. The molecule has 0 bridgehead atoms. The summed E-state index contributed by atoms with van der Waals surface area (Å²) in [6.45, 7) is -0.531. The molecule has 0 fully saturated rings. The van der Waals surface area contributed by atoms with E-state index in [9.17, 15) is 19.3 Å². The molecule has 1 heterocycles. The molecule has 7 heteroatoms. The molecule has 82 valence electrons. The Kier molecular flexibility index (Phi) is 3.90. The lowest BCUT2D eigenvalue weighted by Crippen LogP contribution is -2.08. The number of halogens is 1. The van der Waals surface area contributed by atoms with Gasteiger partial charge in [0.05, 0.1) is 13.2 Å². The van der Waals surface area contributed by atoms with Crippen LogP contribution in [0.5, 0.6) is 0 Å². The van der Waals surface area contributed by atoms with E-state index >= 15 is 0 Å². The standard InChI is InChI=1S/C8H10FN3O3/c9-3-1-2-7(13)4-11-5-8(10-6-11)12(14)15/h5-6H,1-4H2. The molecule has 0 saturated carbocycles. The van der Waals surface area contributed by atoms with Gasteiger partial charge in [0.15, 0.2) is 5.78 Å². The Bertz CT molecular complexity index is 364. The zero-order valence-electron chi connectivity index (χ0n) is 7.93. The Balaban J connectivity index is 2.50. The average molecular weight is 215 g/mol. The molecule has 0 amide bonds. The van der Waals surface area contributed by atoms with Gasteiger partial charge in [0, 0.05) is 6.42 Å². The van der Waals surface area contributed by atoms with Crippen LogP contribution in [0.1, 0.15) is 12.8 Å². The minimum Gasteiger partial charge on any atom is -0.358 e. The number of carbonyl (C=O) groups excluding carboxylic acids is 1. The van der Waals surface area contributed by atoms with Crippen molar-refractivity contribution >= 4 is 11.6 Å². The van der Waals surface area contributed by atoms with Gasteiger partial charge in [-0.2, -0.15) is 0 Å². The molecule has 0 N–H and O–H groups in total. The minimum atomic E-state index is -0.636. The van der Waals surface area contributed by atoms with E-state index < -0.39 is 11.6 Å². The number of carbonyl (C=O) groups is 1. The molecule has 0 saturated heterocycles. The molecule has 0 radical (unpaired) electrons. The molecular formula is C8H10FN3O3. The normalized spacial score (nSPS) is 10.2. The fourth-order valence-corrected chi connectivity index (χ4v) is 1.08. The predicted molar refractivity (Wildman–Crippen MR) is 49.1 cm³/mol. The van der Waals surface area contributed by atoms with Crippen LogP contribution >= 0.6 is 0 Å². The quantitative estimate of drug-likeness (QED) is 0.526. The van der Waals surface area contributed by atoms with Crippen LogP contribution in [0.25, 0.3) is 0 Å². The third-order valence-corrected chi connectivity index (χ3v) is 1.75. The Hall–Kier alpha value is -1.79. The summed E-state index contributed by atoms with van der Waals surface area (Å²) >= 11 is 0. The highest BCUT2D eigenvalue weighted by Crippen LogP contribution is 2.06. The number of nitrogens with zero attached hydrogens (tertiary/aromatic N) is 3. The summed E-state index contributed by atoms with van der Waals surface area (Å²) in [5, 5.41) is 10.3. The molecule has 0 aromatic carbocycles. The molecular weight excluding hydrogens is 205 g/mol. The molecule has 0 aliphatic rings. The maximum atomic E-state index is 11.7. The minimum absolute atomic E-state index is 0.000833. The number of Topliss-reactive ketones (excluding diaryl/α,β-unsaturated/α-hetero) is 1. The fraction of sp³-hybridized carbons (Fsp3) is 0.500. The van der Waals surface area contributed by atoms with Crippen molar-refractivity contribution in [2.75, 3.05) is 6.67 Å².